The van der Waals surface area contributed by atoms with E-state index < -0.39 is 0 Å². The molecular weight excluding hydrogens is 300 g/mol. The normalized spacial score (nSPS) is 12.5. The Balaban J connectivity index is 1.91. The molecule has 0 radical (unpaired) electrons. The summed E-state index contributed by atoms with van der Waals surface area (Å²) < 4.78 is 7.11. The Labute approximate surface area is 122 Å². The molecule has 0 fully saturated rings. The Morgan fingerprint density at radius 1 is 1.21 bits per heavy atom. The van der Waals surface area contributed by atoms with Crippen molar-refractivity contribution in [2.24, 2.45) is 0 Å². The highest BCUT2D eigenvalue weighted by molar-refractivity contribution is 9.10. The van der Waals surface area contributed by atoms with Gasteiger partial charge < -0.3 is 4.74 Å². The van der Waals surface area contributed by atoms with Gasteiger partial charge in [0.05, 0.1) is 4.47 Å². The van der Waals surface area contributed by atoms with E-state index in [9.17, 15) is 0 Å². The molecule has 0 amide bonds. The van der Waals surface area contributed by atoms with Crippen molar-refractivity contribution in [2.75, 3.05) is 0 Å². The second-order valence-electron chi connectivity index (χ2n) is 4.79. The zero-order valence-electron chi connectivity index (χ0n) is 10.8. The van der Waals surface area contributed by atoms with Gasteiger partial charge in [-0.15, -0.1) is 0 Å². The summed E-state index contributed by atoms with van der Waals surface area (Å²) in [5, 5.41) is 0. The minimum absolute atomic E-state index is 0.600. The largest absolute Gasteiger partial charge is 0.487 e. The van der Waals surface area contributed by atoms with Crippen LogP contribution in [-0.4, -0.2) is 0 Å². The predicted octanol–water partition coefficient (Wildman–Crippen LogP) is 4.91. The summed E-state index contributed by atoms with van der Waals surface area (Å²) >= 11 is 3.65. The third kappa shape index (κ3) is 2.45. The van der Waals surface area contributed by atoms with Gasteiger partial charge in [0, 0.05) is 5.56 Å². The van der Waals surface area contributed by atoms with E-state index in [0.717, 1.165) is 16.6 Å². The van der Waals surface area contributed by atoms with Gasteiger partial charge in [-0.3, -0.25) is 0 Å². The van der Waals surface area contributed by atoms with Gasteiger partial charge in [0.15, 0.2) is 0 Å². The summed E-state index contributed by atoms with van der Waals surface area (Å²) in [4.78, 5) is 0. The van der Waals surface area contributed by atoms with Crippen LogP contribution in [0.15, 0.2) is 46.9 Å². The van der Waals surface area contributed by atoms with Crippen molar-refractivity contribution in [3.63, 3.8) is 0 Å². The molecule has 0 unspecified atom stereocenters. The maximum Gasteiger partial charge on any atom is 0.141 e. The topological polar surface area (TPSA) is 9.23 Å². The van der Waals surface area contributed by atoms with E-state index in [-0.39, 0.29) is 0 Å². The Morgan fingerprint density at radius 2 is 2.00 bits per heavy atom. The monoisotopic (exact) mass is 314 g/mol. The van der Waals surface area contributed by atoms with Crippen molar-refractivity contribution in [1.82, 2.24) is 0 Å². The number of hydrogen-bond donors (Lipinski definition) is 0. The number of hydrogen-bond acceptors (Lipinski definition) is 1. The molecule has 0 atom stereocenters. The number of allylic oxidation sites excluding steroid dienone is 1. The highest BCUT2D eigenvalue weighted by Gasteiger charge is 2.16. The summed E-state index contributed by atoms with van der Waals surface area (Å²) in [5.74, 6) is 0.965. The smallest absolute Gasteiger partial charge is 0.141 e. The first-order valence-corrected chi connectivity index (χ1v) is 7.20. The van der Waals surface area contributed by atoms with Gasteiger partial charge in [0.25, 0.3) is 0 Å². The fourth-order valence-corrected chi connectivity index (χ4v) is 2.81. The third-order valence-corrected chi connectivity index (χ3v) is 4.36. The quantitative estimate of drug-likeness (QED) is 0.782. The summed E-state index contributed by atoms with van der Waals surface area (Å²) in [5.41, 5.74) is 4.98. The van der Waals surface area contributed by atoms with Crippen LogP contribution in [0.25, 0.3) is 6.08 Å². The van der Waals surface area contributed by atoms with Crippen molar-refractivity contribution in [2.45, 2.75) is 20.0 Å². The van der Waals surface area contributed by atoms with E-state index in [0.29, 0.717) is 6.61 Å². The van der Waals surface area contributed by atoms with Crippen LogP contribution in [0.4, 0.5) is 0 Å². The van der Waals surface area contributed by atoms with Gasteiger partial charge in [-0.05, 0) is 46.0 Å². The molecule has 19 heavy (non-hydrogen) atoms. The van der Waals surface area contributed by atoms with Crippen LogP contribution < -0.4 is 4.74 Å². The molecule has 0 saturated carbocycles. The number of halogens is 1. The fourth-order valence-electron chi connectivity index (χ4n) is 2.37. The third-order valence-electron chi connectivity index (χ3n) is 3.38. The molecule has 1 aliphatic carbocycles. The van der Waals surface area contributed by atoms with Crippen LogP contribution in [0.5, 0.6) is 5.75 Å². The van der Waals surface area contributed by atoms with Gasteiger partial charge in [-0.2, -0.15) is 0 Å². The van der Waals surface area contributed by atoms with Crippen LogP contribution in [0, 0.1) is 6.92 Å². The number of fused-ring (bicyclic) bond motifs is 1. The molecule has 0 bridgehead atoms. The summed E-state index contributed by atoms with van der Waals surface area (Å²) in [6.45, 7) is 2.71. The highest BCUT2D eigenvalue weighted by atomic mass is 79.9. The number of rotatable bonds is 3. The molecule has 0 N–H and O–H groups in total. The standard InChI is InChI=1S/C17H15BrO/c1-12-10-14-8-5-9-15(14)17(16(12)18)19-11-13-6-3-2-4-7-13/h2-7,9-10H,8,11H2,1H3. The Hall–Kier alpha value is -1.54. The van der Waals surface area contributed by atoms with Gasteiger partial charge >= 0.3 is 0 Å². The van der Waals surface area contributed by atoms with Crippen LogP contribution in [0.1, 0.15) is 22.3 Å². The average molecular weight is 315 g/mol. The molecule has 2 heteroatoms. The van der Waals surface area contributed by atoms with E-state index in [4.69, 9.17) is 4.74 Å². The first-order valence-electron chi connectivity index (χ1n) is 6.41. The van der Waals surface area contributed by atoms with Gasteiger partial charge in [-0.25, -0.2) is 0 Å². The average Bonchev–Trinajstić information content (AvgIpc) is 2.88. The lowest BCUT2D eigenvalue weighted by Crippen LogP contribution is -2.00. The lowest BCUT2D eigenvalue weighted by Gasteiger charge is -2.14. The van der Waals surface area contributed by atoms with E-state index in [1.54, 1.807) is 0 Å². The lowest BCUT2D eigenvalue weighted by molar-refractivity contribution is 0.303. The molecule has 1 aliphatic rings. The predicted molar refractivity (Wildman–Crippen MR) is 82.4 cm³/mol. The maximum atomic E-state index is 6.05. The van der Waals surface area contributed by atoms with E-state index in [2.05, 4.69) is 53.2 Å². The first kappa shape index (κ1) is 12.5. The molecule has 0 aromatic heterocycles. The number of benzene rings is 2. The zero-order valence-corrected chi connectivity index (χ0v) is 12.4. The SMILES string of the molecule is Cc1cc2c(c(OCc3ccccc3)c1Br)C=CC2. The minimum atomic E-state index is 0.600. The van der Waals surface area contributed by atoms with Gasteiger partial charge in [0.2, 0.25) is 0 Å². The van der Waals surface area contributed by atoms with Gasteiger partial charge in [0.1, 0.15) is 12.4 Å². The Kier molecular flexibility index (Phi) is 3.43. The molecule has 0 saturated heterocycles. The van der Waals surface area contributed by atoms with E-state index in [1.165, 1.54) is 22.3 Å². The Morgan fingerprint density at radius 3 is 2.79 bits per heavy atom. The molecule has 1 nitrogen and oxygen atoms in total. The van der Waals surface area contributed by atoms with Crippen molar-refractivity contribution in [1.29, 1.82) is 0 Å². The molecule has 0 aliphatic heterocycles. The van der Waals surface area contributed by atoms with Crippen molar-refractivity contribution >= 4 is 22.0 Å². The molecular formula is C17H15BrO. The number of ether oxygens (including phenoxy) is 1. The Bertz CT molecular complexity index is 629. The van der Waals surface area contributed by atoms with Crippen LogP contribution in [0.2, 0.25) is 0 Å². The molecule has 0 spiro atoms. The molecule has 96 valence electrons. The lowest BCUT2D eigenvalue weighted by atomic mass is 10.1. The summed E-state index contributed by atoms with van der Waals surface area (Å²) in [6, 6.07) is 12.5. The highest BCUT2D eigenvalue weighted by Crippen LogP contribution is 2.38. The van der Waals surface area contributed by atoms with E-state index >= 15 is 0 Å². The van der Waals surface area contributed by atoms with Crippen LogP contribution in [0.3, 0.4) is 0 Å². The number of aryl methyl sites for hydroxylation is 1. The zero-order chi connectivity index (χ0) is 13.2. The molecule has 3 rings (SSSR count). The first-order chi connectivity index (χ1) is 9.25. The molecule has 2 aromatic rings. The summed E-state index contributed by atoms with van der Waals surface area (Å²) in [7, 11) is 0. The van der Waals surface area contributed by atoms with Crippen molar-refractivity contribution < 1.29 is 4.74 Å². The van der Waals surface area contributed by atoms with Crippen molar-refractivity contribution in [3.05, 3.63) is 69.2 Å². The van der Waals surface area contributed by atoms with E-state index in [1.807, 2.05) is 18.2 Å². The van der Waals surface area contributed by atoms with Crippen LogP contribution in [-0.2, 0) is 13.0 Å². The van der Waals surface area contributed by atoms with Crippen LogP contribution >= 0.6 is 15.9 Å². The van der Waals surface area contributed by atoms with Gasteiger partial charge in [-0.1, -0.05) is 48.6 Å². The van der Waals surface area contributed by atoms with Crippen molar-refractivity contribution in [3.8, 4) is 5.75 Å². The second-order valence-corrected chi connectivity index (χ2v) is 5.58. The maximum absolute atomic E-state index is 6.05. The fraction of sp³-hybridized carbons (Fsp3) is 0.176. The molecule has 2 aromatic carbocycles. The summed E-state index contributed by atoms with van der Waals surface area (Å²) in [6.07, 6.45) is 5.34. The molecule has 0 heterocycles. The minimum Gasteiger partial charge on any atom is -0.487 e. The second kappa shape index (κ2) is 5.22.